The summed E-state index contributed by atoms with van der Waals surface area (Å²) in [4.78, 5) is 17.6. The number of rotatable bonds is 3. The molecule has 0 saturated heterocycles. The minimum absolute atomic E-state index is 0.0780. The second-order valence-corrected chi connectivity index (χ2v) is 5.41. The Hall–Kier alpha value is -2.53. The highest BCUT2D eigenvalue weighted by atomic mass is 32.1. The number of benzene rings is 2. The second-order valence-electron chi connectivity index (χ2n) is 4.46. The van der Waals surface area contributed by atoms with Crippen molar-refractivity contribution < 1.29 is 4.79 Å². The van der Waals surface area contributed by atoms with Crippen LogP contribution < -0.4 is 4.80 Å². The van der Waals surface area contributed by atoms with E-state index in [1.807, 2.05) is 48.5 Å². The normalized spacial score (nSPS) is 11.6. The van der Waals surface area contributed by atoms with Crippen LogP contribution in [0, 0.1) is 0 Å². The van der Waals surface area contributed by atoms with Gasteiger partial charge in [0.2, 0.25) is 10.6 Å². The monoisotopic (exact) mass is 295 g/mol. The fourth-order valence-corrected chi connectivity index (χ4v) is 2.74. The van der Waals surface area contributed by atoms with Crippen LogP contribution in [0.4, 0.5) is 5.69 Å². The summed E-state index contributed by atoms with van der Waals surface area (Å²) in [6, 6.07) is 18.8. The Labute approximate surface area is 126 Å². The van der Waals surface area contributed by atoms with Crippen molar-refractivity contribution in [3.05, 3.63) is 76.0 Å². The third-order valence-electron chi connectivity index (χ3n) is 2.92. The van der Waals surface area contributed by atoms with E-state index in [9.17, 15) is 4.79 Å². The average molecular weight is 295 g/mol. The van der Waals surface area contributed by atoms with Gasteiger partial charge >= 0.3 is 0 Å². The summed E-state index contributed by atoms with van der Waals surface area (Å²) in [5.41, 5.74) is 1.48. The van der Waals surface area contributed by atoms with Crippen LogP contribution in [0.15, 0.2) is 65.7 Å². The van der Waals surface area contributed by atoms with E-state index in [-0.39, 0.29) is 5.78 Å². The molecule has 0 aliphatic carbocycles. The molecule has 0 amide bonds. The number of hydrogen-bond donors (Lipinski definition) is 0. The predicted octanol–water partition coefficient (Wildman–Crippen LogP) is 2.95. The van der Waals surface area contributed by atoms with E-state index >= 15 is 0 Å². The number of nitrogens with zero attached hydrogens (tertiary/aromatic N) is 3. The molecule has 1 heterocycles. The molecule has 0 fully saturated rings. The Morgan fingerprint density at radius 2 is 1.67 bits per heavy atom. The Morgan fingerprint density at radius 3 is 2.33 bits per heavy atom. The molecule has 0 radical (unpaired) electrons. The average Bonchev–Trinajstić information content (AvgIpc) is 2.89. The van der Waals surface area contributed by atoms with Crippen LogP contribution in [0.3, 0.4) is 0 Å². The number of carbonyl (C=O) groups is 1. The summed E-state index contributed by atoms with van der Waals surface area (Å²) in [6.07, 6.45) is 0. The molecule has 5 heteroatoms. The minimum atomic E-state index is -0.0780. The maximum Gasteiger partial charge on any atom is 0.223 e. The van der Waals surface area contributed by atoms with E-state index in [0.717, 1.165) is 5.69 Å². The summed E-state index contributed by atoms with van der Waals surface area (Å²) >= 11 is 1.29. The number of aryl methyl sites for hydroxylation is 1. The summed E-state index contributed by atoms with van der Waals surface area (Å²) in [5, 5.41) is 4.72. The Balaban J connectivity index is 1.99. The van der Waals surface area contributed by atoms with Gasteiger partial charge in [-0.1, -0.05) is 59.9 Å². The van der Waals surface area contributed by atoms with Crippen molar-refractivity contribution >= 4 is 22.8 Å². The van der Waals surface area contributed by atoms with E-state index < -0.39 is 0 Å². The highest BCUT2D eigenvalue weighted by Crippen LogP contribution is 2.12. The Morgan fingerprint density at radius 1 is 1.05 bits per heavy atom. The number of ketones is 1. The van der Waals surface area contributed by atoms with Crippen molar-refractivity contribution in [1.29, 1.82) is 0 Å². The van der Waals surface area contributed by atoms with Crippen molar-refractivity contribution in [3.8, 4) is 0 Å². The smallest absolute Gasteiger partial charge is 0.223 e. The number of aromatic nitrogens is 2. The maximum absolute atomic E-state index is 12.4. The summed E-state index contributed by atoms with van der Waals surface area (Å²) < 4.78 is 1.63. The SMILES string of the molecule is Cn1nc(C(=O)c2ccccc2)sc1=Nc1ccccc1. The fraction of sp³-hybridized carbons (Fsp3) is 0.0625. The van der Waals surface area contributed by atoms with E-state index in [4.69, 9.17) is 0 Å². The second kappa shape index (κ2) is 5.85. The highest BCUT2D eigenvalue weighted by molar-refractivity contribution is 7.11. The zero-order valence-corrected chi connectivity index (χ0v) is 12.2. The molecule has 0 bridgehead atoms. The highest BCUT2D eigenvalue weighted by Gasteiger charge is 2.13. The first-order valence-electron chi connectivity index (χ1n) is 6.48. The Kier molecular flexibility index (Phi) is 3.75. The van der Waals surface area contributed by atoms with Crippen LogP contribution in [0.2, 0.25) is 0 Å². The van der Waals surface area contributed by atoms with Gasteiger partial charge in [0.15, 0.2) is 5.01 Å². The van der Waals surface area contributed by atoms with E-state index in [0.29, 0.717) is 15.4 Å². The number of para-hydroxylation sites is 1. The van der Waals surface area contributed by atoms with Crippen molar-refractivity contribution in [3.63, 3.8) is 0 Å². The van der Waals surface area contributed by atoms with Gasteiger partial charge in [0.1, 0.15) is 0 Å². The molecule has 104 valence electrons. The molecular weight excluding hydrogens is 282 g/mol. The zero-order valence-electron chi connectivity index (χ0n) is 11.4. The van der Waals surface area contributed by atoms with Crippen LogP contribution >= 0.6 is 11.3 Å². The van der Waals surface area contributed by atoms with Gasteiger partial charge in [0.05, 0.1) is 5.69 Å². The third kappa shape index (κ3) is 2.98. The number of hydrogen-bond acceptors (Lipinski definition) is 4. The lowest BCUT2D eigenvalue weighted by Crippen LogP contribution is -2.11. The van der Waals surface area contributed by atoms with Gasteiger partial charge in [-0.15, -0.1) is 0 Å². The molecule has 21 heavy (non-hydrogen) atoms. The topological polar surface area (TPSA) is 47.2 Å². The molecule has 0 N–H and O–H groups in total. The van der Waals surface area contributed by atoms with Crippen LogP contribution in [-0.2, 0) is 7.05 Å². The zero-order chi connectivity index (χ0) is 14.7. The van der Waals surface area contributed by atoms with Gasteiger partial charge in [-0.3, -0.25) is 4.79 Å². The van der Waals surface area contributed by atoms with Crippen LogP contribution in [0.5, 0.6) is 0 Å². The molecular formula is C16H13N3OS. The lowest BCUT2D eigenvalue weighted by molar-refractivity contribution is 0.103. The molecule has 3 aromatic rings. The van der Waals surface area contributed by atoms with Crippen molar-refractivity contribution in [2.24, 2.45) is 12.0 Å². The third-order valence-corrected chi connectivity index (χ3v) is 3.92. The van der Waals surface area contributed by atoms with Gasteiger partial charge < -0.3 is 0 Å². The standard InChI is InChI=1S/C16H13N3OS/c1-19-16(17-13-10-6-3-7-11-13)21-15(18-19)14(20)12-8-4-2-5-9-12/h2-11H,1H3. The molecule has 0 aliphatic heterocycles. The predicted molar refractivity (Wildman–Crippen MR) is 82.6 cm³/mol. The number of carbonyl (C=O) groups excluding carboxylic acids is 1. The van der Waals surface area contributed by atoms with Gasteiger partial charge in [0, 0.05) is 12.6 Å². The van der Waals surface area contributed by atoms with Gasteiger partial charge in [0.25, 0.3) is 0 Å². The molecule has 0 saturated carbocycles. The van der Waals surface area contributed by atoms with Gasteiger partial charge in [-0.05, 0) is 12.1 Å². The molecule has 1 aromatic heterocycles. The molecule has 0 spiro atoms. The lowest BCUT2D eigenvalue weighted by atomic mass is 10.1. The quantitative estimate of drug-likeness (QED) is 0.697. The maximum atomic E-state index is 12.4. The van der Waals surface area contributed by atoms with Crippen LogP contribution in [0.1, 0.15) is 15.4 Å². The summed E-state index contributed by atoms with van der Waals surface area (Å²) in [6.45, 7) is 0. The first kappa shape index (κ1) is 13.5. The van der Waals surface area contributed by atoms with Crippen LogP contribution in [-0.4, -0.2) is 15.6 Å². The van der Waals surface area contributed by atoms with Crippen LogP contribution in [0.25, 0.3) is 0 Å². The van der Waals surface area contributed by atoms with Crippen molar-refractivity contribution in [2.75, 3.05) is 0 Å². The van der Waals surface area contributed by atoms with E-state index in [2.05, 4.69) is 10.1 Å². The molecule has 4 nitrogen and oxygen atoms in total. The summed E-state index contributed by atoms with van der Waals surface area (Å²) in [7, 11) is 1.79. The van der Waals surface area contributed by atoms with Crippen molar-refractivity contribution in [2.45, 2.75) is 0 Å². The van der Waals surface area contributed by atoms with E-state index in [1.54, 1.807) is 23.9 Å². The van der Waals surface area contributed by atoms with E-state index in [1.165, 1.54) is 11.3 Å². The van der Waals surface area contributed by atoms with Crippen molar-refractivity contribution in [1.82, 2.24) is 9.78 Å². The fourth-order valence-electron chi connectivity index (χ4n) is 1.86. The Bertz CT molecular complexity index is 819. The molecule has 0 aliphatic rings. The lowest BCUT2D eigenvalue weighted by Gasteiger charge is -1.94. The minimum Gasteiger partial charge on any atom is -0.286 e. The molecule has 0 unspecified atom stereocenters. The first-order chi connectivity index (χ1) is 10.2. The summed E-state index contributed by atoms with van der Waals surface area (Å²) in [5.74, 6) is -0.0780. The van der Waals surface area contributed by atoms with Gasteiger partial charge in [-0.2, -0.15) is 5.10 Å². The van der Waals surface area contributed by atoms with Gasteiger partial charge in [-0.25, -0.2) is 9.67 Å². The molecule has 0 atom stereocenters. The first-order valence-corrected chi connectivity index (χ1v) is 7.29. The largest absolute Gasteiger partial charge is 0.286 e. The molecule has 2 aromatic carbocycles. The molecule has 3 rings (SSSR count).